The number of carbonyl (C=O) groups is 1. The lowest BCUT2D eigenvalue weighted by Gasteiger charge is -1.99. The van der Waals surface area contributed by atoms with Crippen molar-refractivity contribution in [2.75, 3.05) is 0 Å². The summed E-state index contributed by atoms with van der Waals surface area (Å²) in [6.45, 7) is 3.90. The van der Waals surface area contributed by atoms with E-state index < -0.39 is 0 Å². The molecule has 0 radical (unpaired) electrons. The first-order valence-electron chi connectivity index (χ1n) is 6.36. The van der Waals surface area contributed by atoms with Crippen molar-refractivity contribution in [3.63, 3.8) is 0 Å². The molecule has 0 amide bonds. The fraction of sp³-hybridized carbons (Fsp3) is 0.118. The van der Waals surface area contributed by atoms with E-state index in [4.69, 9.17) is 16.0 Å². The SMILES string of the molecule is Cc1ccc2c(C)c(C(=O)c3cccc(Cl)c3)oc2c1. The first kappa shape index (κ1) is 12.9. The molecular formula is C17H13ClO2. The number of hydrogen-bond acceptors (Lipinski definition) is 2. The average Bonchev–Trinajstić information content (AvgIpc) is 2.74. The Hall–Kier alpha value is -2.06. The lowest BCUT2D eigenvalue weighted by atomic mass is 10.0. The van der Waals surface area contributed by atoms with E-state index in [1.807, 2.05) is 32.0 Å². The largest absolute Gasteiger partial charge is 0.452 e. The fourth-order valence-electron chi connectivity index (χ4n) is 2.31. The number of carbonyl (C=O) groups excluding carboxylic acids is 1. The second kappa shape index (κ2) is 4.80. The first-order chi connectivity index (χ1) is 9.56. The highest BCUT2D eigenvalue weighted by molar-refractivity contribution is 6.31. The van der Waals surface area contributed by atoms with Crippen molar-refractivity contribution < 1.29 is 9.21 Å². The minimum absolute atomic E-state index is 0.140. The van der Waals surface area contributed by atoms with Crippen LogP contribution in [0, 0.1) is 13.8 Å². The lowest BCUT2D eigenvalue weighted by molar-refractivity contribution is 0.101. The number of hydrogen-bond donors (Lipinski definition) is 0. The number of fused-ring (bicyclic) bond motifs is 1. The van der Waals surface area contributed by atoms with Gasteiger partial charge in [0.05, 0.1) is 0 Å². The minimum atomic E-state index is -0.140. The van der Waals surface area contributed by atoms with E-state index in [1.165, 1.54) is 0 Å². The number of ketones is 1. The molecule has 0 fully saturated rings. The van der Waals surface area contributed by atoms with Crippen LogP contribution < -0.4 is 0 Å². The Morgan fingerprint density at radius 2 is 1.90 bits per heavy atom. The van der Waals surface area contributed by atoms with Crippen LogP contribution in [0.4, 0.5) is 0 Å². The van der Waals surface area contributed by atoms with Gasteiger partial charge in [-0.3, -0.25) is 4.79 Å². The molecule has 0 aliphatic heterocycles. The summed E-state index contributed by atoms with van der Waals surface area (Å²) >= 11 is 5.93. The van der Waals surface area contributed by atoms with Gasteiger partial charge in [-0.25, -0.2) is 0 Å². The van der Waals surface area contributed by atoms with E-state index in [-0.39, 0.29) is 5.78 Å². The van der Waals surface area contributed by atoms with Crippen LogP contribution in [0.25, 0.3) is 11.0 Å². The molecule has 1 aromatic heterocycles. The van der Waals surface area contributed by atoms with Crippen LogP contribution in [0.5, 0.6) is 0 Å². The van der Waals surface area contributed by atoms with Gasteiger partial charge in [-0.15, -0.1) is 0 Å². The molecule has 0 aliphatic rings. The van der Waals surface area contributed by atoms with Crippen molar-refractivity contribution in [3.8, 4) is 0 Å². The predicted molar refractivity (Wildman–Crippen MR) is 80.6 cm³/mol. The zero-order valence-electron chi connectivity index (χ0n) is 11.2. The maximum Gasteiger partial charge on any atom is 0.228 e. The molecule has 1 heterocycles. The summed E-state index contributed by atoms with van der Waals surface area (Å²) in [5.74, 6) is 0.242. The summed E-state index contributed by atoms with van der Waals surface area (Å²) in [5.41, 5.74) is 3.25. The second-order valence-corrected chi connectivity index (χ2v) is 5.33. The molecule has 20 heavy (non-hydrogen) atoms. The van der Waals surface area contributed by atoms with Crippen LogP contribution in [0.15, 0.2) is 46.9 Å². The highest BCUT2D eigenvalue weighted by Gasteiger charge is 2.19. The van der Waals surface area contributed by atoms with Gasteiger partial charge in [0.15, 0.2) is 5.76 Å². The van der Waals surface area contributed by atoms with Crippen LogP contribution >= 0.6 is 11.6 Å². The van der Waals surface area contributed by atoms with Gasteiger partial charge >= 0.3 is 0 Å². The summed E-state index contributed by atoms with van der Waals surface area (Å²) < 4.78 is 5.74. The summed E-state index contributed by atoms with van der Waals surface area (Å²) in [4.78, 5) is 12.5. The molecule has 0 bridgehead atoms. The maximum atomic E-state index is 12.5. The molecule has 3 aromatic rings. The van der Waals surface area contributed by atoms with E-state index in [0.29, 0.717) is 16.3 Å². The van der Waals surface area contributed by atoms with E-state index >= 15 is 0 Å². The minimum Gasteiger partial charge on any atom is -0.452 e. The third kappa shape index (κ3) is 2.12. The van der Waals surface area contributed by atoms with Gasteiger partial charge in [-0.05, 0) is 37.6 Å². The van der Waals surface area contributed by atoms with Crippen molar-refractivity contribution in [2.24, 2.45) is 0 Å². The highest BCUT2D eigenvalue weighted by atomic mass is 35.5. The van der Waals surface area contributed by atoms with Crippen LogP contribution in [0.1, 0.15) is 27.2 Å². The lowest BCUT2D eigenvalue weighted by Crippen LogP contribution is -2.01. The third-order valence-corrected chi connectivity index (χ3v) is 3.62. The summed E-state index contributed by atoms with van der Waals surface area (Å²) in [6.07, 6.45) is 0. The Morgan fingerprint density at radius 3 is 2.65 bits per heavy atom. The number of rotatable bonds is 2. The molecule has 0 aliphatic carbocycles. The van der Waals surface area contributed by atoms with Gasteiger partial charge in [-0.2, -0.15) is 0 Å². The summed E-state index contributed by atoms with van der Waals surface area (Å²) in [5, 5.41) is 1.52. The van der Waals surface area contributed by atoms with Crippen LogP contribution in [0.2, 0.25) is 5.02 Å². The average molecular weight is 285 g/mol. The Labute approximate surface area is 122 Å². The molecule has 2 aromatic carbocycles. The molecule has 3 rings (SSSR count). The molecule has 100 valence electrons. The molecule has 0 saturated heterocycles. The molecule has 2 nitrogen and oxygen atoms in total. The molecule has 3 heteroatoms. The molecule has 0 saturated carbocycles. The summed E-state index contributed by atoms with van der Waals surface area (Å²) in [6, 6.07) is 12.8. The molecule has 0 unspecified atom stereocenters. The number of benzene rings is 2. The normalized spacial score (nSPS) is 10.9. The Morgan fingerprint density at radius 1 is 1.10 bits per heavy atom. The molecule has 0 atom stereocenters. The standard InChI is InChI=1S/C17H13ClO2/c1-10-6-7-14-11(2)17(20-15(14)8-10)16(19)12-4-3-5-13(18)9-12/h3-9H,1-2H3. The van der Waals surface area contributed by atoms with Gasteiger partial charge in [0.2, 0.25) is 5.78 Å². The number of halogens is 1. The quantitative estimate of drug-likeness (QED) is 0.624. The predicted octanol–water partition coefficient (Wildman–Crippen LogP) is 4.93. The van der Waals surface area contributed by atoms with Crippen molar-refractivity contribution in [1.82, 2.24) is 0 Å². The van der Waals surface area contributed by atoms with Crippen molar-refractivity contribution >= 4 is 28.4 Å². The number of furan rings is 1. The zero-order chi connectivity index (χ0) is 14.3. The van der Waals surface area contributed by atoms with E-state index in [9.17, 15) is 4.79 Å². The molecule has 0 N–H and O–H groups in total. The van der Waals surface area contributed by atoms with Crippen molar-refractivity contribution in [1.29, 1.82) is 0 Å². The van der Waals surface area contributed by atoms with E-state index in [1.54, 1.807) is 24.3 Å². The van der Waals surface area contributed by atoms with Crippen molar-refractivity contribution in [2.45, 2.75) is 13.8 Å². The van der Waals surface area contributed by atoms with Gasteiger partial charge in [0.1, 0.15) is 5.58 Å². The Bertz CT molecular complexity index is 815. The summed E-state index contributed by atoms with van der Waals surface area (Å²) in [7, 11) is 0. The third-order valence-electron chi connectivity index (χ3n) is 3.39. The van der Waals surface area contributed by atoms with E-state index in [0.717, 1.165) is 22.1 Å². The van der Waals surface area contributed by atoms with E-state index in [2.05, 4.69) is 0 Å². The van der Waals surface area contributed by atoms with Crippen LogP contribution in [0.3, 0.4) is 0 Å². The van der Waals surface area contributed by atoms with Crippen LogP contribution in [-0.2, 0) is 0 Å². The van der Waals surface area contributed by atoms with Gasteiger partial charge in [-0.1, -0.05) is 35.9 Å². The van der Waals surface area contributed by atoms with Gasteiger partial charge in [0, 0.05) is 21.5 Å². The molecular weight excluding hydrogens is 272 g/mol. The second-order valence-electron chi connectivity index (χ2n) is 4.90. The maximum absolute atomic E-state index is 12.5. The van der Waals surface area contributed by atoms with Crippen molar-refractivity contribution in [3.05, 3.63) is 69.9 Å². The van der Waals surface area contributed by atoms with Crippen LogP contribution in [-0.4, -0.2) is 5.78 Å². The smallest absolute Gasteiger partial charge is 0.228 e. The van der Waals surface area contributed by atoms with Gasteiger partial charge in [0.25, 0.3) is 0 Å². The zero-order valence-corrected chi connectivity index (χ0v) is 12.0. The van der Waals surface area contributed by atoms with Gasteiger partial charge < -0.3 is 4.42 Å². The fourth-order valence-corrected chi connectivity index (χ4v) is 2.50. The first-order valence-corrected chi connectivity index (χ1v) is 6.74. The molecule has 0 spiro atoms. The Kier molecular flexibility index (Phi) is 3.11. The monoisotopic (exact) mass is 284 g/mol. The topological polar surface area (TPSA) is 30.2 Å². The Balaban J connectivity index is 2.14. The number of aryl methyl sites for hydroxylation is 2. The highest BCUT2D eigenvalue weighted by Crippen LogP contribution is 2.28.